The molecule has 128 valence electrons. The van der Waals surface area contributed by atoms with Gasteiger partial charge < -0.3 is 9.84 Å². The highest BCUT2D eigenvalue weighted by Gasteiger charge is 2.26. The van der Waals surface area contributed by atoms with Crippen LogP contribution in [0.4, 0.5) is 0 Å². The van der Waals surface area contributed by atoms with E-state index in [0.29, 0.717) is 5.92 Å². The number of carboxylic acids is 1. The van der Waals surface area contributed by atoms with Gasteiger partial charge in [-0.1, -0.05) is 38.3 Å². The molecule has 1 heterocycles. The molecule has 0 aromatic heterocycles. The Labute approximate surface area is 139 Å². The van der Waals surface area contributed by atoms with Crippen molar-refractivity contribution in [2.24, 2.45) is 11.8 Å². The molecule has 3 nitrogen and oxygen atoms in total. The summed E-state index contributed by atoms with van der Waals surface area (Å²) >= 11 is 2.04. The Morgan fingerprint density at radius 1 is 1.18 bits per heavy atom. The number of hydrogen-bond donors (Lipinski definition) is 1. The topological polar surface area (TPSA) is 46.5 Å². The van der Waals surface area contributed by atoms with Gasteiger partial charge in [0, 0.05) is 13.0 Å². The molecule has 22 heavy (non-hydrogen) atoms. The van der Waals surface area contributed by atoms with Crippen molar-refractivity contribution in [1.29, 1.82) is 0 Å². The fourth-order valence-electron chi connectivity index (χ4n) is 2.71. The van der Waals surface area contributed by atoms with Crippen molar-refractivity contribution >= 4 is 17.7 Å². The highest BCUT2D eigenvalue weighted by Crippen LogP contribution is 2.32. The number of ether oxygens (including phenoxy) is 1. The van der Waals surface area contributed by atoms with Crippen LogP contribution < -0.4 is 0 Å². The van der Waals surface area contributed by atoms with Crippen LogP contribution in [0.2, 0.25) is 0 Å². The predicted octanol–water partition coefficient (Wildman–Crippen LogP) is 4.76. The molecule has 0 radical (unpaired) electrons. The lowest BCUT2D eigenvalue weighted by Crippen LogP contribution is -2.18. The fraction of sp³-hybridized carbons (Fsp3) is 0.833. The van der Waals surface area contributed by atoms with Gasteiger partial charge >= 0.3 is 5.97 Å². The maximum absolute atomic E-state index is 10.4. The predicted molar refractivity (Wildman–Crippen MR) is 94.5 cm³/mol. The zero-order chi connectivity index (χ0) is 16.0. The molecule has 2 atom stereocenters. The van der Waals surface area contributed by atoms with E-state index in [2.05, 4.69) is 19.1 Å². The molecule has 1 N–H and O–H groups in total. The third-order valence-corrected chi connectivity index (χ3v) is 5.50. The molecule has 1 fully saturated rings. The van der Waals surface area contributed by atoms with Gasteiger partial charge in [-0.25, -0.2) is 0 Å². The Morgan fingerprint density at radius 3 is 2.77 bits per heavy atom. The van der Waals surface area contributed by atoms with Crippen molar-refractivity contribution in [2.45, 2.75) is 58.3 Å². The van der Waals surface area contributed by atoms with Crippen LogP contribution in [0.25, 0.3) is 0 Å². The third kappa shape index (κ3) is 9.52. The maximum atomic E-state index is 10.4. The first-order valence-electron chi connectivity index (χ1n) is 8.76. The summed E-state index contributed by atoms with van der Waals surface area (Å²) in [7, 11) is 0. The van der Waals surface area contributed by atoms with E-state index in [1.165, 1.54) is 37.2 Å². The number of carbonyl (C=O) groups is 1. The molecule has 1 aliphatic rings. The van der Waals surface area contributed by atoms with Crippen LogP contribution in [0.15, 0.2) is 12.2 Å². The second-order valence-electron chi connectivity index (χ2n) is 6.19. The van der Waals surface area contributed by atoms with E-state index in [4.69, 9.17) is 9.84 Å². The van der Waals surface area contributed by atoms with Crippen molar-refractivity contribution in [3.05, 3.63) is 12.2 Å². The SMILES string of the molecule is CCCCCCOC[C@H]1CSC[C@@H]1CC=CCCCC(=O)O. The quantitative estimate of drug-likeness (QED) is 0.391. The van der Waals surface area contributed by atoms with Crippen molar-refractivity contribution in [3.63, 3.8) is 0 Å². The summed E-state index contributed by atoms with van der Waals surface area (Å²) < 4.78 is 5.86. The normalized spacial score (nSPS) is 21.7. The molecule has 1 rings (SSSR count). The van der Waals surface area contributed by atoms with Crippen LogP contribution in [0.3, 0.4) is 0 Å². The monoisotopic (exact) mass is 328 g/mol. The number of allylic oxidation sites excluding steroid dienone is 2. The molecule has 1 aliphatic heterocycles. The smallest absolute Gasteiger partial charge is 0.303 e. The van der Waals surface area contributed by atoms with Gasteiger partial charge in [0.25, 0.3) is 0 Å². The zero-order valence-corrected chi connectivity index (χ0v) is 14.8. The summed E-state index contributed by atoms with van der Waals surface area (Å²) in [5.41, 5.74) is 0. The summed E-state index contributed by atoms with van der Waals surface area (Å²) in [5, 5.41) is 8.59. The summed E-state index contributed by atoms with van der Waals surface area (Å²) in [6.45, 7) is 4.06. The molecule has 0 bridgehead atoms. The third-order valence-electron chi connectivity index (χ3n) is 4.17. The number of aliphatic carboxylic acids is 1. The standard InChI is InChI=1S/C18H32O3S/c1-2-3-4-9-12-21-13-17-15-22-14-16(17)10-7-5-6-8-11-18(19)20/h5,7,16-17H,2-4,6,8-15H2,1H3,(H,19,20)/t16-,17-/m0/s1. The van der Waals surface area contributed by atoms with E-state index in [-0.39, 0.29) is 6.42 Å². The summed E-state index contributed by atoms with van der Waals surface area (Å²) in [4.78, 5) is 10.4. The van der Waals surface area contributed by atoms with E-state index >= 15 is 0 Å². The highest BCUT2D eigenvalue weighted by atomic mass is 32.2. The summed E-state index contributed by atoms with van der Waals surface area (Å²) in [5.74, 6) is 3.20. The highest BCUT2D eigenvalue weighted by molar-refractivity contribution is 7.99. The van der Waals surface area contributed by atoms with E-state index in [1.54, 1.807) is 0 Å². The first-order chi connectivity index (χ1) is 10.7. The zero-order valence-electron chi connectivity index (χ0n) is 14.0. The summed E-state index contributed by atoms with van der Waals surface area (Å²) in [6.07, 6.45) is 12.5. The van der Waals surface area contributed by atoms with Crippen LogP contribution in [0, 0.1) is 11.8 Å². The molecule has 0 spiro atoms. The lowest BCUT2D eigenvalue weighted by molar-refractivity contribution is -0.137. The number of unbranched alkanes of at least 4 members (excludes halogenated alkanes) is 4. The first-order valence-corrected chi connectivity index (χ1v) is 9.91. The van der Waals surface area contributed by atoms with Crippen LogP contribution in [-0.2, 0) is 9.53 Å². The van der Waals surface area contributed by atoms with Crippen molar-refractivity contribution < 1.29 is 14.6 Å². The minimum absolute atomic E-state index is 0.276. The second-order valence-corrected chi connectivity index (χ2v) is 7.26. The molecule has 0 aromatic rings. The molecule has 0 aromatic carbocycles. The van der Waals surface area contributed by atoms with Crippen LogP contribution in [0.5, 0.6) is 0 Å². The molecule has 0 aliphatic carbocycles. The Kier molecular flexibility index (Phi) is 11.6. The number of carboxylic acid groups (broad SMARTS) is 1. The first kappa shape index (κ1) is 19.6. The number of rotatable bonds is 13. The molecule has 1 saturated heterocycles. The van der Waals surface area contributed by atoms with Gasteiger partial charge in [0.15, 0.2) is 0 Å². The van der Waals surface area contributed by atoms with E-state index < -0.39 is 5.97 Å². The Bertz CT molecular complexity index is 317. The number of thioether (sulfide) groups is 1. The van der Waals surface area contributed by atoms with Crippen LogP contribution in [-0.4, -0.2) is 35.8 Å². The Hall–Kier alpha value is -0.480. The average Bonchev–Trinajstić information content (AvgIpc) is 2.93. The van der Waals surface area contributed by atoms with Gasteiger partial charge in [0.2, 0.25) is 0 Å². The molecule has 0 unspecified atom stereocenters. The molecule has 0 saturated carbocycles. The fourth-order valence-corrected chi connectivity index (χ4v) is 4.23. The average molecular weight is 329 g/mol. The maximum Gasteiger partial charge on any atom is 0.303 e. The second kappa shape index (κ2) is 13.0. The van der Waals surface area contributed by atoms with E-state index in [9.17, 15) is 4.79 Å². The molecule has 4 heteroatoms. The van der Waals surface area contributed by atoms with Crippen molar-refractivity contribution in [2.75, 3.05) is 24.7 Å². The van der Waals surface area contributed by atoms with E-state index in [0.717, 1.165) is 38.4 Å². The van der Waals surface area contributed by atoms with Gasteiger partial charge in [0.05, 0.1) is 6.61 Å². The minimum Gasteiger partial charge on any atom is -0.481 e. The summed E-state index contributed by atoms with van der Waals surface area (Å²) in [6, 6.07) is 0. The lowest BCUT2D eigenvalue weighted by atomic mass is 9.93. The van der Waals surface area contributed by atoms with Crippen LogP contribution >= 0.6 is 11.8 Å². The van der Waals surface area contributed by atoms with Gasteiger partial charge in [-0.2, -0.15) is 11.8 Å². The minimum atomic E-state index is -0.697. The largest absolute Gasteiger partial charge is 0.481 e. The van der Waals surface area contributed by atoms with Crippen molar-refractivity contribution in [1.82, 2.24) is 0 Å². The van der Waals surface area contributed by atoms with E-state index in [1.807, 2.05) is 11.8 Å². The van der Waals surface area contributed by atoms with Gasteiger partial charge in [-0.05, 0) is 49.0 Å². The van der Waals surface area contributed by atoms with Gasteiger partial charge in [0.1, 0.15) is 0 Å². The van der Waals surface area contributed by atoms with Crippen LogP contribution in [0.1, 0.15) is 58.3 Å². The Balaban J connectivity index is 2.07. The Morgan fingerprint density at radius 2 is 2.00 bits per heavy atom. The molecular formula is C18H32O3S. The molecular weight excluding hydrogens is 296 g/mol. The van der Waals surface area contributed by atoms with Gasteiger partial charge in [-0.3, -0.25) is 4.79 Å². The number of hydrogen-bond acceptors (Lipinski definition) is 3. The lowest BCUT2D eigenvalue weighted by Gasteiger charge is -2.17. The molecule has 0 amide bonds. The van der Waals surface area contributed by atoms with Gasteiger partial charge in [-0.15, -0.1) is 0 Å². The van der Waals surface area contributed by atoms with Crippen molar-refractivity contribution in [3.8, 4) is 0 Å².